The maximum Gasteiger partial charge on any atom is 0.762 e. The number of hydrogen-bond donors (Lipinski definition) is 0. The van der Waals surface area contributed by atoms with Gasteiger partial charge in [0.25, 0.3) is 0 Å². The zero-order valence-electron chi connectivity index (χ0n) is 34.3. The van der Waals surface area contributed by atoms with Crippen molar-refractivity contribution in [2.75, 3.05) is 0 Å². The first kappa shape index (κ1) is 43.0. The molecule has 62 heavy (non-hydrogen) atoms. The van der Waals surface area contributed by atoms with Crippen molar-refractivity contribution in [2.24, 2.45) is 0 Å². The predicted octanol–water partition coefficient (Wildman–Crippen LogP) is 12.2. The highest BCUT2D eigenvalue weighted by Gasteiger charge is 2.38. The number of hydrogen-bond acceptors (Lipinski definition) is 0. The predicted molar refractivity (Wildman–Crippen MR) is 255 cm³/mol. The molecule has 12 rings (SSSR count). The van der Waals surface area contributed by atoms with Gasteiger partial charge in [-0.1, -0.05) is 154 Å². The highest BCUT2D eigenvalue weighted by molar-refractivity contribution is 7.38. The van der Waals surface area contributed by atoms with Gasteiger partial charge >= 0.3 is 19.1 Å². The van der Waals surface area contributed by atoms with Gasteiger partial charge in [0.15, 0.2) is 0 Å². The lowest BCUT2D eigenvalue weighted by Crippen LogP contribution is -3.00. The van der Waals surface area contributed by atoms with Crippen LogP contribution in [-0.2, 0) is 51.4 Å². The molecule has 0 N–H and O–H groups in total. The molecule has 0 fully saturated rings. The average Bonchev–Trinajstić information content (AvgIpc) is 3.30. The second-order valence-corrected chi connectivity index (χ2v) is 17.0. The van der Waals surface area contributed by atoms with Gasteiger partial charge in [-0.15, -0.1) is 0 Å². The molecule has 6 aromatic carbocycles. The van der Waals surface area contributed by atoms with Crippen LogP contribution in [0.4, 0.5) is 12.9 Å². The molecular formula is C54H45BF4OP2. The van der Waals surface area contributed by atoms with Crippen molar-refractivity contribution in [1.82, 2.24) is 0 Å². The summed E-state index contributed by atoms with van der Waals surface area (Å²) in [6, 6.07) is 57.5. The van der Waals surface area contributed by atoms with Gasteiger partial charge in [0.05, 0.1) is 22.3 Å². The van der Waals surface area contributed by atoms with Crippen LogP contribution in [0.3, 0.4) is 0 Å². The quantitative estimate of drug-likeness (QED) is 0.0730. The van der Waals surface area contributed by atoms with Crippen LogP contribution in [0.5, 0.6) is 0 Å². The van der Waals surface area contributed by atoms with Gasteiger partial charge in [0.2, 0.25) is 0 Å². The Morgan fingerprint density at radius 1 is 0.371 bits per heavy atom. The van der Waals surface area contributed by atoms with Crippen LogP contribution in [0.25, 0.3) is 66.6 Å². The molecule has 4 aliphatic carbocycles. The number of rotatable bonds is 2. The molecule has 1 nitrogen and oxygen atoms in total. The summed E-state index contributed by atoms with van der Waals surface area (Å²) in [6.07, 6.45) is 8.84. The minimum atomic E-state index is -3.67. The summed E-state index contributed by atoms with van der Waals surface area (Å²) >= 11 is 0. The Morgan fingerprint density at radius 2 is 0.661 bits per heavy atom. The lowest BCUT2D eigenvalue weighted by atomic mass is 9.79. The molecule has 4 aliphatic rings. The zero-order chi connectivity index (χ0) is 40.6. The Balaban J connectivity index is 0.000000153. The van der Waals surface area contributed by atoms with Crippen molar-refractivity contribution < 1.29 is 22.1 Å². The number of aryl methyl sites for hydroxylation is 4. The summed E-state index contributed by atoms with van der Waals surface area (Å²) in [5, 5.41) is 3.08. The van der Waals surface area contributed by atoms with Crippen molar-refractivity contribution in [3.63, 3.8) is 0 Å². The molecule has 8 aromatic rings. The third kappa shape index (κ3) is 8.08. The van der Waals surface area contributed by atoms with E-state index in [1.54, 1.807) is 11.1 Å². The smallest absolute Gasteiger partial charge is 0.762 e. The summed E-state index contributed by atoms with van der Waals surface area (Å²) < 4.78 is 35.7. The lowest BCUT2D eigenvalue weighted by molar-refractivity contribution is -0.0000147. The standard InChI is InChI=1S/C27H21O.C27H21P.BF3.FH.H3P/c2*1-2-10-20(11-3-1)25-23-16-14-18-8-4-6-12-21(18)26(23)28-27-22-13-7-5-9-19(22)15-17-24(25)27;2-1(3)4;;/h2*1-13H,14-17H2;;1H;1H3/q+1;;;;/p-1. The first-order valence-electron chi connectivity index (χ1n) is 21.0. The van der Waals surface area contributed by atoms with E-state index >= 15 is 0 Å². The Hall–Kier alpha value is -5.67. The molecule has 0 bridgehead atoms. The summed E-state index contributed by atoms with van der Waals surface area (Å²) in [6.45, 7) is 0. The molecule has 1 atom stereocenters. The average molecular weight is 859 g/mol. The van der Waals surface area contributed by atoms with E-state index in [9.17, 15) is 12.9 Å². The maximum absolute atomic E-state index is 9.67. The number of fused-ring (bicyclic) bond motifs is 12. The van der Waals surface area contributed by atoms with Crippen molar-refractivity contribution in [2.45, 2.75) is 51.4 Å². The number of benzene rings is 6. The molecule has 8 heteroatoms. The van der Waals surface area contributed by atoms with Crippen LogP contribution in [0.15, 0.2) is 162 Å². The van der Waals surface area contributed by atoms with Gasteiger partial charge in [-0.3, -0.25) is 12.9 Å². The zero-order valence-corrected chi connectivity index (χ0v) is 36.6. The van der Waals surface area contributed by atoms with Crippen LogP contribution < -0.4 is 4.70 Å². The van der Waals surface area contributed by atoms with Gasteiger partial charge in [-0.05, 0) is 125 Å². The van der Waals surface area contributed by atoms with E-state index in [0.29, 0.717) is 0 Å². The van der Waals surface area contributed by atoms with Crippen molar-refractivity contribution in [1.29, 1.82) is 0 Å². The van der Waals surface area contributed by atoms with Crippen molar-refractivity contribution in [3.05, 3.63) is 202 Å². The first-order chi connectivity index (χ1) is 29.5. The monoisotopic (exact) mass is 858 g/mol. The van der Waals surface area contributed by atoms with Crippen LogP contribution in [-0.4, -0.2) is 7.54 Å². The lowest BCUT2D eigenvalue weighted by Gasteiger charge is -2.29. The SMILES string of the molecule is FB(F)F.P.[F-].c1ccc(-c2c3c([o+]c4c2CCc2ccccc2-4)-c2ccccc2CC3)cc1.c1ccc(-c2c3c(pc4c2CCc2ccccc2-4)-c2ccccc2CC3)cc1. The summed E-state index contributed by atoms with van der Waals surface area (Å²) in [7, 11) is -2.27. The maximum atomic E-state index is 9.67. The molecule has 0 amide bonds. The largest absolute Gasteiger partial charge is 1.00 e. The summed E-state index contributed by atoms with van der Waals surface area (Å²) in [4.78, 5) is 0. The first-order valence-corrected chi connectivity index (χ1v) is 21.9. The van der Waals surface area contributed by atoms with Crippen LogP contribution in [0.1, 0.15) is 44.5 Å². The molecular weight excluding hydrogens is 813 g/mol. The Bertz CT molecular complexity index is 2540. The second kappa shape index (κ2) is 18.8. The normalized spacial score (nSPS) is 13.0. The molecule has 0 saturated carbocycles. The third-order valence-electron chi connectivity index (χ3n) is 12.5. The molecule has 2 heterocycles. The fraction of sp³-hybridized carbons (Fsp3) is 0.148. The Labute approximate surface area is 366 Å². The van der Waals surface area contributed by atoms with Crippen molar-refractivity contribution in [3.8, 4) is 66.6 Å². The Morgan fingerprint density at radius 3 is 1.05 bits per heavy atom. The van der Waals surface area contributed by atoms with E-state index < -0.39 is 7.54 Å². The van der Waals surface area contributed by atoms with Gasteiger partial charge in [0.1, 0.15) is 0 Å². The molecule has 0 spiro atoms. The van der Waals surface area contributed by atoms with Crippen LogP contribution in [0, 0.1) is 0 Å². The molecule has 0 aliphatic heterocycles. The van der Waals surface area contributed by atoms with Gasteiger partial charge in [-0.25, -0.2) is 4.42 Å². The van der Waals surface area contributed by atoms with Gasteiger partial charge in [-0.2, -0.15) is 9.90 Å². The highest BCUT2D eigenvalue weighted by atomic mass is 31.0. The van der Waals surface area contributed by atoms with Crippen LogP contribution >= 0.6 is 18.1 Å². The fourth-order valence-electron chi connectivity index (χ4n) is 9.95. The van der Waals surface area contributed by atoms with E-state index in [1.165, 1.54) is 96.7 Å². The summed E-state index contributed by atoms with van der Waals surface area (Å²) in [5.41, 5.74) is 22.8. The summed E-state index contributed by atoms with van der Waals surface area (Å²) in [5.74, 6) is 2.13. The topological polar surface area (TPSA) is 11.3 Å². The highest BCUT2D eigenvalue weighted by Crippen LogP contribution is 2.53. The second-order valence-electron chi connectivity index (χ2n) is 15.8. The van der Waals surface area contributed by atoms with E-state index in [0.717, 1.165) is 62.9 Å². The van der Waals surface area contributed by atoms with Crippen molar-refractivity contribution >= 4 is 25.6 Å². The van der Waals surface area contributed by atoms with E-state index in [-0.39, 0.29) is 14.6 Å². The van der Waals surface area contributed by atoms with E-state index in [4.69, 9.17) is 4.42 Å². The molecule has 2 aromatic heterocycles. The van der Waals surface area contributed by atoms with E-state index in [1.807, 2.05) is 0 Å². The van der Waals surface area contributed by atoms with Crippen LogP contribution in [0.2, 0.25) is 0 Å². The van der Waals surface area contributed by atoms with Gasteiger partial charge < -0.3 is 4.70 Å². The molecule has 0 saturated heterocycles. The minimum absolute atomic E-state index is 0. The number of halogens is 4. The third-order valence-corrected chi connectivity index (χ3v) is 14.0. The Kier molecular flexibility index (Phi) is 13.0. The molecule has 0 radical (unpaired) electrons. The minimum Gasteiger partial charge on any atom is -1.00 e. The van der Waals surface area contributed by atoms with E-state index in [2.05, 4.69) is 158 Å². The fourth-order valence-corrected chi connectivity index (χ4v) is 11.6. The molecule has 308 valence electrons. The molecule has 1 unspecified atom stereocenters. The van der Waals surface area contributed by atoms with Gasteiger partial charge in [0, 0.05) is 16.2 Å².